The Balaban J connectivity index is 1.54. The molecule has 4 rings (SSSR count). The number of phosphoric ester groups is 1. The highest BCUT2D eigenvalue weighted by atomic mass is 31.2. The molecule has 0 bridgehead atoms. The van der Waals surface area contributed by atoms with E-state index in [1.807, 2.05) is 13.8 Å². The Morgan fingerprint density at radius 1 is 1.20 bits per heavy atom. The third kappa shape index (κ3) is 6.11. The van der Waals surface area contributed by atoms with Crippen LogP contribution in [0, 0.1) is 34.5 Å². The third-order valence-corrected chi connectivity index (χ3v) is 11.6. The second kappa shape index (κ2) is 11.1. The van der Waals surface area contributed by atoms with Gasteiger partial charge in [-0.05, 0) is 100 Å². The van der Waals surface area contributed by atoms with Crippen molar-refractivity contribution in [1.29, 1.82) is 0 Å². The van der Waals surface area contributed by atoms with Gasteiger partial charge in [0.25, 0.3) is 0 Å². The van der Waals surface area contributed by atoms with Crippen LogP contribution in [0.5, 0.6) is 0 Å². The predicted octanol–water partition coefficient (Wildman–Crippen LogP) is 2.40. The lowest BCUT2D eigenvalue weighted by molar-refractivity contribution is -0.177. The number of phosphoric acid groups is 1. The number of hydrogen-bond acceptors (Lipinski definition) is 9. The second-order valence-electron chi connectivity index (χ2n) is 14.2. The fourth-order valence-electron chi connectivity index (χ4n) is 8.74. The SMILES string of the molecule is C[C@H](C(O)CCC(C)(C)O)[C@H]1CC[C@@]2(O)C3=CC(=O)[C@@H]4C[C@@H](OC(=O)COP(=O)(O)O)[C@@H](O)C[C@]4(C)[C@H]3CC[C@]12C. The largest absolute Gasteiger partial charge is 0.470 e. The normalized spacial score (nSPS) is 40.6. The van der Waals surface area contributed by atoms with Gasteiger partial charge in [-0.25, -0.2) is 9.36 Å². The van der Waals surface area contributed by atoms with Crippen molar-refractivity contribution in [2.24, 2.45) is 34.5 Å². The van der Waals surface area contributed by atoms with Gasteiger partial charge in [-0.3, -0.25) is 9.32 Å². The summed E-state index contributed by atoms with van der Waals surface area (Å²) in [6.45, 7) is 8.48. The van der Waals surface area contributed by atoms with Crippen molar-refractivity contribution < 1.29 is 53.6 Å². The summed E-state index contributed by atoms with van der Waals surface area (Å²) < 4.78 is 20.4. The highest BCUT2D eigenvalue weighted by Crippen LogP contribution is 2.68. The van der Waals surface area contributed by atoms with Crippen LogP contribution in [-0.2, 0) is 23.4 Å². The summed E-state index contributed by atoms with van der Waals surface area (Å²) in [5.41, 5.74) is -2.65. The number of carbonyl (C=O) groups is 2. The standard InChI is InChI=1S/C29H47O11P/c1-16(21(30)8-9-26(2,3)34)17-7-11-29(35)19-12-22(31)20-13-24(40-25(33)15-39-41(36,37)38)23(32)14-27(20,4)18(19)6-10-28(17,29)5/h12,16-18,20-21,23-24,30,32,34-35H,6-11,13-15H2,1-5H3,(H2,36,37,38)/t16-,17+,18-,20-,21?,23-,24+,27+,28+,29+/m0/s1. The van der Waals surface area contributed by atoms with Gasteiger partial charge in [-0.15, -0.1) is 0 Å². The first-order valence-electron chi connectivity index (χ1n) is 14.7. The Hall–Kier alpha value is -1.17. The zero-order valence-corrected chi connectivity index (χ0v) is 25.5. The zero-order chi connectivity index (χ0) is 30.8. The van der Waals surface area contributed by atoms with Crippen molar-refractivity contribution in [3.05, 3.63) is 11.6 Å². The van der Waals surface area contributed by atoms with Gasteiger partial charge in [-0.2, -0.15) is 0 Å². The van der Waals surface area contributed by atoms with Gasteiger partial charge < -0.3 is 34.9 Å². The molecule has 6 N–H and O–H groups in total. The Morgan fingerprint density at radius 2 is 1.85 bits per heavy atom. The Morgan fingerprint density at radius 3 is 2.46 bits per heavy atom. The summed E-state index contributed by atoms with van der Waals surface area (Å²) in [4.78, 5) is 43.4. The first-order valence-corrected chi connectivity index (χ1v) is 16.2. The molecule has 11 nitrogen and oxygen atoms in total. The number of aliphatic hydroxyl groups is 4. The molecular weight excluding hydrogens is 555 g/mol. The Kier molecular flexibility index (Phi) is 8.84. The minimum absolute atomic E-state index is 0.0166. The molecule has 0 aliphatic heterocycles. The van der Waals surface area contributed by atoms with Crippen LogP contribution in [0.1, 0.15) is 86.0 Å². The quantitative estimate of drug-likeness (QED) is 0.168. The minimum atomic E-state index is -4.87. The van der Waals surface area contributed by atoms with E-state index in [0.29, 0.717) is 44.1 Å². The summed E-state index contributed by atoms with van der Waals surface area (Å²) in [5.74, 6) is -2.06. The van der Waals surface area contributed by atoms with Crippen LogP contribution >= 0.6 is 7.82 Å². The minimum Gasteiger partial charge on any atom is -0.458 e. The molecule has 1 unspecified atom stereocenters. The fraction of sp³-hybridized carbons (Fsp3) is 0.862. The highest BCUT2D eigenvalue weighted by molar-refractivity contribution is 7.46. The van der Waals surface area contributed by atoms with E-state index in [2.05, 4.69) is 11.4 Å². The Bertz CT molecular complexity index is 1110. The maximum atomic E-state index is 13.6. The Labute approximate surface area is 241 Å². The summed E-state index contributed by atoms with van der Waals surface area (Å²) in [6.07, 6.45) is 2.48. The maximum Gasteiger partial charge on any atom is 0.470 e. The summed E-state index contributed by atoms with van der Waals surface area (Å²) in [6, 6.07) is 0. The molecule has 0 heterocycles. The van der Waals surface area contributed by atoms with Crippen LogP contribution in [0.2, 0.25) is 0 Å². The third-order valence-electron chi connectivity index (χ3n) is 11.1. The van der Waals surface area contributed by atoms with E-state index in [1.165, 1.54) is 0 Å². The van der Waals surface area contributed by atoms with Crippen molar-refractivity contribution in [2.45, 2.75) is 115 Å². The summed E-state index contributed by atoms with van der Waals surface area (Å²) in [5, 5.41) is 44.5. The molecule has 10 atom stereocenters. The summed E-state index contributed by atoms with van der Waals surface area (Å²) >= 11 is 0. The van der Waals surface area contributed by atoms with Crippen LogP contribution in [0.3, 0.4) is 0 Å². The number of ketones is 1. The molecule has 0 spiro atoms. The van der Waals surface area contributed by atoms with Crippen LogP contribution in [0.15, 0.2) is 11.6 Å². The average Bonchev–Trinajstić information content (AvgIpc) is 3.12. The molecule has 41 heavy (non-hydrogen) atoms. The monoisotopic (exact) mass is 602 g/mol. The number of fused-ring (bicyclic) bond motifs is 5. The molecular formula is C29H47O11P. The lowest BCUT2D eigenvalue weighted by Crippen LogP contribution is -2.61. The topological polar surface area (TPSA) is 191 Å². The van der Waals surface area contributed by atoms with Crippen LogP contribution in [-0.4, -0.2) is 78.1 Å². The van der Waals surface area contributed by atoms with Crippen molar-refractivity contribution in [3.63, 3.8) is 0 Å². The van der Waals surface area contributed by atoms with Crippen molar-refractivity contribution >= 4 is 19.6 Å². The average molecular weight is 603 g/mol. The molecule has 3 saturated carbocycles. The predicted molar refractivity (Wildman–Crippen MR) is 147 cm³/mol. The molecule has 0 saturated heterocycles. The van der Waals surface area contributed by atoms with E-state index in [1.54, 1.807) is 19.9 Å². The number of carbonyl (C=O) groups excluding carboxylic acids is 2. The molecule has 234 valence electrons. The van der Waals surface area contributed by atoms with E-state index in [4.69, 9.17) is 14.5 Å². The smallest absolute Gasteiger partial charge is 0.458 e. The van der Waals surface area contributed by atoms with Gasteiger partial charge in [-0.1, -0.05) is 20.8 Å². The molecule has 4 aliphatic carbocycles. The fourth-order valence-corrected chi connectivity index (χ4v) is 9.01. The van der Waals surface area contributed by atoms with Gasteiger partial charge in [0.2, 0.25) is 0 Å². The number of ether oxygens (including phenoxy) is 1. The van der Waals surface area contributed by atoms with E-state index < -0.39 is 66.7 Å². The highest BCUT2D eigenvalue weighted by Gasteiger charge is 2.67. The van der Waals surface area contributed by atoms with Crippen molar-refractivity contribution in [3.8, 4) is 0 Å². The van der Waals surface area contributed by atoms with E-state index >= 15 is 0 Å². The molecule has 0 aromatic heterocycles. The first kappa shape index (κ1) is 32.7. The molecule has 3 fully saturated rings. The molecule has 0 amide bonds. The lowest BCUT2D eigenvalue weighted by atomic mass is 9.46. The molecule has 0 aromatic carbocycles. The van der Waals surface area contributed by atoms with Crippen molar-refractivity contribution in [2.75, 3.05) is 6.61 Å². The zero-order valence-electron chi connectivity index (χ0n) is 24.7. The van der Waals surface area contributed by atoms with Gasteiger partial charge in [0.1, 0.15) is 6.10 Å². The van der Waals surface area contributed by atoms with Crippen LogP contribution in [0.4, 0.5) is 0 Å². The second-order valence-corrected chi connectivity index (χ2v) is 15.4. The molecule has 12 heteroatoms. The van der Waals surface area contributed by atoms with Gasteiger partial charge >= 0.3 is 13.8 Å². The van der Waals surface area contributed by atoms with Crippen LogP contribution in [0.25, 0.3) is 0 Å². The van der Waals surface area contributed by atoms with Gasteiger partial charge in [0.15, 0.2) is 12.4 Å². The van der Waals surface area contributed by atoms with Gasteiger partial charge in [0, 0.05) is 11.3 Å². The molecule has 0 radical (unpaired) electrons. The van der Waals surface area contributed by atoms with Crippen LogP contribution < -0.4 is 0 Å². The number of allylic oxidation sites excluding steroid dienone is 1. The number of hydrogen-bond donors (Lipinski definition) is 6. The number of rotatable bonds is 9. The summed E-state index contributed by atoms with van der Waals surface area (Å²) in [7, 11) is -4.87. The van der Waals surface area contributed by atoms with E-state index in [-0.39, 0.29) is 36.4 Å². The van der Waals surface area contributed by atoms with E-state index in [0.717, 1.165) is 0 Å². The van der Waals surface area contributed by atoms with Crippen molar-refractivity contribution in [1.82, 2.24) is 0 Å². The van der Waals surface area contributed by atoms with E-state index in [9.17, 15) is 34.6 Å². The lowest BCUT2D eigenvalue weighted by Gasteiger charge is -2.60. The first-order chi connectivity index (χ1) is 18.7. The number of esters is 1. The molecule has 4 aliphatic rings. The molecule has 0 aromatic rings. The van der Waals surface area contributed by atoms with Gasteiger partial charge in [0.05, 0.1) is 23.4 Å². The maximum absolute atomic E-state index is 13.6. The number of aliphatic hydroxyl groups excluding tert-OH is 2.